The van der Waals surface area contributed by atoms with E-state index in [0.717, 1.165) is 28.2 Å². The van der Waals surface area contributed by atoms with Crippen molar-refractivity contribution in [3.63, 3.8) is 0 Å². The van der Waals surface area contributed by atoms with E-state index in [1.165, 1.54) is 0 Å². The summed E-state index contributed by atoms with van der Waals surface area (Å²) < 4.78 is 34.4. The van der Waals surface area contributed by atoms with Gasteiger partial charge in [0.15, 0.2) is 23.0 Å². The maximum atomic E-state index is 6.57. The standard InChI is InChI=1S/C27H28N2O6/c1-30-18-9-6-8-16(12-18)20-15-21-19-10-7-11-22(31-2)25(19)35-27(29(21)28-20)17-13-23(32-3)26(34-5)24(14-17)33-4/h6-14,21,27H,15H2,1-5H3/t21-,27-/m1/s1. The smallest absolute Gasteiger partial charge is 0.214 e. The lowest BCUT2D eigenvalue weighted by atomic mass is 9.95. The molecule has 0 fully saturated rings. The first kappa shape index (κ1) is 22.7. The van der Waals surface area contributed by atoms with E-state index in [1.54, 1.807) is 35.5 Å². The first-order valence-electron chi connectivity index (χ1n) is 11.3. The van der Waals surface area contributed by atoms with Crippen molar-refractivity contribution in [1.82, 2.24) is 5.01 Å². The average Bonchev–Trinajstić information content (AvgIpc) is 3.37. The summed E-state index contributed by atoms with van der Waals surface area (Å²) in [6.45, 7) is 0. The van der Waals surface area contributed by atoms with E-state index in [4.69, 9.17) is 33.5 Å². The first-order valence-corrected chi connectivity index (χ1v) is 11.3. The molecule has 2 aliphatic rings. The van der Waals surface area contributed by atoms with Crippen molar-refractivity contribution in [2.45, 2.75) is 18.7 Å². The van der Waals surface area contributed by atoms with E-state index in [9.17, 15) is 0 Å². The summed E-state index contributed by atoms with van der Waals surface area (Å²) in [5.74, 6) is 3.78. The van der Waals surface area contributed by atoms with Crippen LogP contribution >= 0.6 is 0 Å². The van der Waals surface area contributed by atoms with E-state index in [2.05, 4.69) is 6.07 Å². The molecule has 3 aromatic carbocycles. The zero-order valence-electron chi connectivity index (χ0n) is 20.4. The van der Waals surface area contributed by atoms with Crippen molar-refractivity contribution in [2.75, 3.05) is 35.5 Å². The normalized spacial score (nSPS) is 18.1. The Bertz CT molecular complexity index is 1250. The zero-order valence-corrected chi connectivity index (χ0v) is 20.4. The molecule has 5 rings (SSSR count). The molecule has 0 spiro atoms. The maximum absolute atomic E-state index is 6.57. The Labute approximate surface area is 204 Å². The molecule has 0 aromatic heterocycles. The average molecular weight is 477 g/mol. The van der Waals surface area contributed by atoms with Gasteiger partial charge in [-0.25, -0.2) is 5.01 Å². The Hall–Kier alpha value is -4.07. The Morgan fingerprint density at radius 1 is 0.800 bits per heavy atom. The molecule has 0 N–H and O–H groups in total. The van der Waals surface area contributed by atoms with Crippen LogP contribution in [0.1, 0.15) is 35.4 Å². The Kier molecular flexibility index (Phi) is 6.03. The second-order valence-electron chi connectivity index (χ2n) is 8.19. The molecule has 0 unspecified atom stereocenters. The highest BCUT2D eigenvalue weighted by molar-refractivity contribution is 6.02. The van der Waals surface area contributed by atoms with Gasteiger partial charge in [0.25, 0.3) is 0 Å². The molecule has 0 amide bonds. The van der Waals surface area contributed by atoms with Crippen molar-refractivity contribution in [1.29, 1.82) is 0 Å². The molecule has 0 saturated heterocycles. The molecule has 0 aliphatic carbocycles. The minimum atomic E-state index is -0.541. The monoisotopic (exact) mass is 476 g/mol. The minimum absolute atomic E-state index is 0.0425. The van der Waals surface area contributed by atoms with E-state index >= 15 is 0 Å². The third-order valence-corrected chi connectivity index (χ3v) is 6.38. The zero-order chi connectivity index (χ0) is 24.5. The van der Waals surface area contributed by atoms with Crippen molar-refractivity contribution < 1.29 is 28.4 Å². The summed E-state index contributed by atoms with van der Waals surface area (Å²) >= 11 is 0. The fourth-order valence-corrected chi connectivity index (χ4v) is 4.69. The highest BCUT2D eigenvalue weighted by atomic mass is 16.5. The number of benzene rings is 3. The summed E-state index contributed by atoms with van der Waals surface area (Å²) in [6.07, 6.45) is 0.165. The molecule has 35 heavy (non-hydrogen) atoms. The lowest BCUT2D eigenvalue weighted by molar-refractivity contribution is -0.0211. The number of hydrazone groups is 1. The van der Waals surface area contributed by atoms with Gasteiger partial charge in [0.05, 0.1) is 47.3 Å². The van der Waals surface area contributed by atoms with Crippen LogP contribution in [0.2, 0.25) is 0 Å². The second-order valence-corrected chi connectivity index (χ2v) is 8.19. The highest BCUT2D eigenvalue weighted by Crippen LogP contribution is 2.52. The van der Waals surface area contributed by atoms with Gasteiger partial charge in [-0.15, -0.1) is 0 Å². The number of hydrogen-bond acceptors (Lipinski definition) is 8. The lowest BCUT2D eigenvalue weighted by Gasteiger charge is -2.38. The van der Waals surface area contributed by atoms with Crippen LogP contribution in [0.4, 0.5) is 0 Å². The number of ether oxygens (including phenoxy) is 6. The van der Waals surface area contributed by atoms with Crippen LogP contribution in [-0.2, 0) is 0 Å². The van der Waals surface area contributed by atoms with Crippen LogP contribution in [0.5, 0.6) is 34.5 Å². The van der Waals surface area contributed by atoms with Gasteiger partial charge in [-0.05, 0) is 30.3 Å². The van der Waals surface area contributed by atoms with Crippen LogP contribution in [0.25, 0.3) is 0 Å². The van der Waals surface area contributed by atoms with E-state index in [-0.39, 0.29) is 6.04 Å². The van der Waals surface area contributed by atoms with Crippen molar-refractivity contribution >= 4 is 5.71 Å². The van der Waals surface area contributed by atoms with Crippen LogP contribution in [0.3, 0.4) is 0 Å². The molecule has 2 aliphatic heterocycles. The SMILES string of the molecule is COc1cccc(C2=NN3[C@H](C2)c2cccc(OC)c2O[C@@H]3c2cc(OC)c(OC)c(OC)c2)c1. The Morgan fingerprint density at radius 3 is 2.17 bits per heavy atom. The second kappa shape index (κ2) is 9.29. The van der Waals surface area contributed by atoms with Gasteiger partial charge < -0.3 is 28.4 Å². The van der Waals surface area contributed by atoms with Crippen LogP contribution < -0.4 is 28.4 Å². The molecule has 0 bridgehead atoms. The molecule has 2 atom stereocenters. The number of methoxy groups -OCH3 is 5. The Balaban J connectivity index is 1.65. The van der Waals surface area contributed by atoms with E-state index in [0.29, 0.717) is 35.2 Å². The van der Waals surface area contributed by atoms with E-state index in [1.807, 2.05) is 53.5 Å². The van der Waals surface area contributed by atoms with Crippen LogP contribution in [-0.4, -0.2) is 46.3 Å². The van der Waals surface area contributed by atoms with Gasteiger partial charge in [-0.3, -0.25) is 0 Å². The van der Waals surface area contributed by atoms with Crippen molar-refractivity contribution in [3.05, 3.63) is 71.3 Å². The van der Waals surface area contributed by atoms with Gasteiger partial charge in [0, 0.05) is 23.1 Å². The molecular formula is C27H28N2O6. The summed E-state index contributed by atoms with van der Waals surface area (Å²) in [5, 5.41) is 7.03. The van der Waals surface area contributed by atoms with E-state index < -0.39 is 6.23 Å². The minimum Gasteiger partial charge on any atom is -0.497 e. The predicted molar refractivity (Wildman–Crippen MR) is 131 cm³/mol. The maximum Gasteiger partial charge on any atom is 0.214 e. The molecule has 0 saturated carbocycles. The van der Waals surface area contributed by atoms with Crippen LogP contribution in [0.15, 0.2) is 59.7 Å². The van der Waals surface area contributed by atoms with Gasteiger partial charge in [0.2, 0.25) is 12.0 Å². The van der Waals surface area contributed by atoms with Crippen LogP contribution in [0, 0.1) is 0 Å². The quantitative estimate of drug-likeness (QED) is 0.477. The Morgan fingerprint density at radius 2 is 1.51 bits per heavy atom. The number of nitrogens with zero attached hydrogens (tertiary/aromatic N) is 2. The third kappa shape index (κ3) is 3.84. The summed E-state index contributed by atoms with van der Waals surface area (Å²) in [5.41, 5.74) is 3.80. The molecule has 0 radical (unpaired) electrons. The lowest BCUT2D eigenvalue weighted by Crippen LogP contribution is -2.34. The number of rotatable bonds is 7. The molecule has 3 aromatic rings. The van der Waals surface area contributed by atoms with Gasteiger partial charge >= 0.3 is 0 Å². The molecule has 8 heteroatoms. The highest BCUT2D eigenvalue weighted by Gasteiger charge is 2.42. The number of para-hydroxylation sites is 1. The third-order valence-electron chi connectivity index (χ3n) is 6.38. The molecule has 8 nitrogen and oxygen atoms in total. The largest absolute Gasteiger partial charge is 0.497 e. The summed E-state index contributed by atoms with van der Waals surface area (Å²) in [6, 6.07) is 17.6. The fraction of sp³-hybridized carbons (Fsp3) is 0.296. The van der Waals surface area contributed by atoms with Crippen molar-refractivity contribution in [3.8, 4) is 34.5 Å². The fourth-order valence-electron chi connectivity index (χ4n) is 4.69. The molecule has 2 heterocycles. The molecular weight excluding hydrogens is 448 g/mol. The van der Waals surface area contributed by atoms with Crippen molar-refractivity contribution in [2.24, 2.45) is 5.10 Å². The first-order chi connectivity index (χ1) is 17.1. The van der Waals surface area contributed by atoms with Gasteiger partial charge in [0.1, 0.15) is 5.75 Å². The topological polar surface area (TPSA) is 71.0 Å². The summed E-state index contributed by atoms with van der Waals surface area (Å²) in [4.78, 5) is 0. The van der Waals surface area contributed by atoms with Gasteiger partial charge in [-0.1, -0.05) is 24.3 Å². The number of hydrogen-bond donors (Lipinski definition) is 0. The summed E-state index contributed by atoms with van der Waals surface area (Å²) in [7, 11) is 8.08. The molecule has 182 valence electrons. The number of fused-ring (bicyclic) bond motifs is 3. The predicted octanol–water partition coefficient (Wildman–Crippen LogP) is 4.97. The van der Waals surface area contributed by atoms with Gasteiger partial charge in [-0.2, -0.15) is 5.10 Å².